The fraction of sp³-hybridized carbons (Fsp3) is 0.333. The van der Waals surface area contributed by atoms with Gasteiger partial charge in [0.05, 0.1) is 7.11 Å². The van der Waals surface area contributed by atoms with Gasteiger partial charge in [0.25, 0.3) is 5.91 Å². The number of carbonyl (C=O) groups excluding carboxylic acids is 2. The van der Waals surface area contributed by atoms with Gasteiger partial charge in [0.2, 0.25) is 5.78 Å². The van der Waals surface area contributed by atoms with E-state index in [1.165, 1.54) is 6.08 Å². The van der Waals surface area contributed by atoms with Gasteiger partial charge in [-0.05, 0) is 36.1 Å². The number of methoxy groups -OCH3 is 1. The minimum atomic E-state index is -0.560. The van der Waals surface area contributed by atoms with E-state index >= 15 is 0 Å². The van der Waals surface area contributed by atoms with Crippen LogP contribution in [0.15, 0.2) is 42.5 Å². The van der Waals surface area contributed by atoms with Crippen LogP contribution in [0, 0.1) is 5.92 Å². The lowest BCUT2D eigenvalue weighted by Crippen LogP contribution is -2.31. The molecule has 0 aliphatic rings. The molecular weight excluding hydrogens is 278 g/mol. The third kappa shape index (κ3) is 6.88. The Hall–Kier alpha value is -2.36. The van der Waals surface area contributed by atoms with Gasteiger partial charge in [0, 0.05) is 6.54 Å². The zero-order chi connectivity index (χ0) is 16.4. The first kappa shape index (κ1) is 17.7. The van der Waals surface area contributed by atoms with Crippen molar-refractivity contribution in [1.82, 2.24) is 5.32 Å². The molecule has 0 radical (unpaired) electrons. The molecule has 1 aromatic carbocycles. The third-order valence-electron chi connectivity index (χ3n) is 2.99. The number of carbonyl (C=O) groups is 2. The average molecular weight is 301 g/mol. The molecule has 118 valence electrons. The van der Waals surface area contributed by atoms with E-state index in [-0.39, 0.29) is 0 Å². The van der Waals surface area contributed by atoms with Crippen LogP contribution in [0.3, 0.4) is 0 Å². The van der Waals surface area contributed by atoms with E-state index in [9.17, 15) is 9.59 Å². The van der Waals surface area contributed by atoms with Crippen molar-refractivity contribution in [2.24, 2.45) is 5.92 Å². The maximum atomic E-state index is 11.6. The predicted octanol–water partition coefficient (Wildman–Crippen LogP) is 3.00. The van der Waals surface area contributed by atoms with Gasteiger partial charge in [-0.1, -0.05) is 44.2 Å². The zero-order valence-electron chi connectivity index (χ0n) is 13.3. The second kappa shape index (κ2) is 9.55. The van der Waals surface area contributed by atoms with E-state index in [1.54, 1.807) is 19.3 Å². The molecule has 4 heteroatoms. The van der Waals surface area contributed by atoms with Crippen molar-refractivity contribution in [2.45, 2.75) is 20.3 Å². The smallest absolute Gasteiger partial charge is 0.291 e. The Balaban J connectivity index is 2.41. The van der Waals surface area contributed by atoms with Crippen LogP contribution in [0.4, 0.5) is 0 Å². The second-order valence-corrected chi connectivity index (χ2v) is 5.29. The van der Waals surface area contributed by atoms with Crippen molar-refractivity contribution in [3.8, 4) is 5.75 Å². The molecule has 0 unspecified atom stereocenters. The maximum Gasteiger partial charge on any atom is 0.291 e. The van der Waals surface area contributed by atoms with Gasteiger partial charge in [-0.25, -0.2) is 0 Å². The van der Waals surface area contributed by atoms with E-state index in [0.29, 0.717) is 12.5 Å². The number of hydrogen-bond donors (Lipinski definition) is 1. The van der Waals surface area contributed by atoms with Gasteiger partial charge < -0.3 is 10.1 Å². The highest BCUT2D eigenvalue weighted by molar-refractivity contribution is 6.40. The van der Waals surface area contributed by atoms with Crippen LogP contribution in [0.5, 0.6) is 5.75 Å². The van der Waals surface area contributed by atoms with Crippen LogP contribution >= 0.6 is 0 Å². The molecule has 0 aliphatic heterocycles. The monoisotopic (exact) mass is 301 g/mol. The lowest BCUT2D eigenvalue weighted by Gasteiger charge is -2.04. The van der Waals surface area contributed by atoms with Gasteiger partial charge in [0.15, 0.2) is 0 Å². The molecule has 4 nitrogen and oxygen atoms in total. The Kier molecular flexibility index (Phi) is 7.68. The number of rotatable bonds is 8. The lowest BCUT2D eigenvalue weighted by atomic mass is 10.1. The van der Waals surface area contributed by atoms with Crippen molar-refractivity contribution in [3.05, 3.63) is 48.1 Å². The van der Waals surface area contributed by atoms with Crippen molar-refractivity contribution in [1.29, 1.82) is 0 Å². The molecule has 0 aliphatic carbocycles. The lowest BCUT2D eigenvalue weighted by molar-refractivity contribution is -0.135. The van der Waals surface area contributed by atoms with Crippen LogP contribution in [0.1, 0.15) is 25.8 Å². The summed E-state index contributed by atoms with van der Waals surface area (Å²) >= 11 is 0. The van der Waals surface area contributed by atoms with Gasteiger partial charge in [-0.15, -0.1) is 0 Å². The maximum absolute atomic E-state index is 11.6. The molecule has 1 rings (SSSR count). The summed E-state index contributed by atoms with van der Waals surface area (Å²) in [4.78, 5) is 23.1. The fourth-order valence-corrected chi connectivity index (χ4v) is 1.66. The number of ether oxygens (including phenoxy) is 1. The summed E-state index contributed by atoms with van der Waals surface area (Å²) < 4.78 is 5.07. The Labute approximate surface area is 131 Å². The highest BCUT2D eigenvalue weighted by atomic mass is 16.5. The number of ketones is 1. The van der Waals surface area contributed by atoms with Gasteiger partial charge >= 0.3 is 0 Å². The molecule has 0 saturated heterocycles. The molecule has 0 aromatic heterocycles. The number of amides is 1. The van der Waals surface area contributed by atoms with E-state index in [0.717, 1.165) is 17.7 Å². The summed E-state index contributed by atoms with van der Waals surface area (Å²) in [5.41, 5.74) is 0.985. The van der Waals surface area contributed by atoms with Crippen molar-refractivity contribution >= 4 is 17.8 Å². The minimum absolute atomic E-state index is 0.498. The topological polar surface area (TPSA) is 55.4 Å². The molecule has 22 heavy (non-hydrogen) atoms. The molecule has 0 atom stereocenters. The Morgan fingerprint density at radius 1 is 1.18 bits per heavy atom. The first-order valence-corrected chi connectivity index (χ1v) is 7.34. The first-order valence-electron chi connectivity index (χ1n) is 7.34. The SMILES string of the molecule is COc1ccc(C=CC=CC(=O)C(=O)NCCC(C)C)cc1. The quantitative estimate of drug-likeness (QED) is 0.456. The van der Waals surface area contributed by atoms with Crippen LogP contribution in [-0.4, -0.2) is 25.3 Å². The van der Waals surface area contributed by atoms with E-state index in [1.807, 2.05) is 30.3 Å². The Morgan fingerprint density at radius 3 is 2.45 bits per heavy atom. The molecule has 0 heterocycles. The highest BCUT2D eigenvalue weighted by Gasteiger charge is 2.08. The van der Waals surface area contributed by atoms with Gasteiger partial charge in [0.1, 0.15) is 5.75 Å². The Morgan fingerprint density at radius 2 is 1.86 bits per heavy atom. The summed E-state index contributed by atoms with van der Waals surface area (Å²) in [6, 6.07) is 7.53. The summed E-state index contributed by atoms with van der Waals surface area (Å²) in [5.74, 6) is 0.192. The Bertz CT molecular complexity index is 542. The van der Waals surface area contributed by atoms with Crippen molar-refractivity contribution < 1.29 is 14.3 Å². The average Bonchev–Trinajstić information content (AvgIpc) is 2.51. The standard InChI is InChI=1S/C18H23NO3/c1-14(2)12-13-19-18(21)17(20)7-5-4-6-15-8-10-16(22-3)11-9-15/h4-11,14H,12-13H2,1-3H3,(H,19,21). The normalized spacial score (nSPS) is 11.3. The molecule has 1 amide bonds. The largest absolute Gasteiger partial charge is 0.497 e. The predicted molar refractivity (Wildman–Crippen MR) is 88.6 cm³/mol. The van der Waals surface area contributed by atoms with Crippen molar-refractivity contribution in [3.63, 3.8) is 0 Å². The van der Waals surface area contributed by atoms with Crippen LogP contribution in [-0.2, 0) is 9.59 Å². The molecule has 1 N–H and O–H groups in total. The molecule has 1 aromatic rings. The first-order chi connectivity index (χ1) is 10.5. The highest BCUT2D eigenvalue weighted by Crippen LogP contribution is 2.12. The van der Waals surface area contributed by atoms with Gasteiger partial charge in [-0.3, -0.25) is 9.59 Å². The fourth-order valence-electron chi connectivity index (χ4n) is 1.66. The molecule has 0 saturated carbocycles. The third-order valence-corrected chi connectivity index (χ3v) is 2.99. The number of benzene rings is 1. The van der Waals surface area contributed by atoms with E-state index < -0.39 is 11.7 Å². The molecular formula is C18H23NO3. The zero-order valence-corrected chi connectivity index (χ0v) is 13.3. The minimum Gasteiger partial charge on any atom is -0.497 e. The van der Waals surface area contributed by atoms with Crippen molar-refractivity contribution in [2.75, 3.05) is 13.7 Å². The van der Waals surface area contributed by atoms with Gasteiger partial charge in [-0.2, -0.15) is 0 Å². The summed E-state index contributed by atoms with van der Waals surface area (Å²) in [5, 5.41) is 2.61. The second-order valence-electron chi connectivity index (χ2n) is 5.29. The number of allylic oxidation sites excluding steroid dienone is 2. The van der Waals surface area contributed by atoms with E-state index in [4.69, 9.17) is 4.74 Å². The van der Waals surface area contributed by atoms with E-state index in [2.05, 4.69) is 19.2 Å². The summed E-state index contributed by atoms with van der Waals surface area (Å²) in [7, 11) is 1.62. The summed E-state index contributed by atoms with van der Waals surface area (Å²) in [6.07, 6.45) is 7.26. The van der Waals surface area contributed by atoms with Crippen LogP contribution in [0.2, 0.25) is 0 Å². The number of nitrogens with one attached hydrogen (secondary N) is 1. The van der Waals surface area contributed by atoms with Crippen LogP contribution in [0.25, 0.3) is 6.08 Å². The molecule has 0 bridgehead atoms. The number of hydrogen-bond acceptors (Lipinski definition) is 3. The summed E-state index contributed by atoms with van der Waals surface area (Å²) in [6.45, 7) is 4.66. The van der Waals surface area contributed by atoms with Crippen LogP contribution < -0.4 is 10.1 Å². The molecule has 0 fully saturated rings. The molecule has 0 spiro atoms.